The molecule has 0 aliphatic rings. The van der Waals surface area contributed by atoms with Crippen molar-refractivity contribution in [2.75, 3.05) is 0 Å². The summed E-state index contributed by atoms with van der Waals surface area (Å²) in [7, 11) is 9.87. The Labute approximate surface area is 291 Å². The summed E-state index contributed by atoms with van der Waals surface area (Å²) >= 11 is -0.826. The van der Waals surface area contributed by atoms with Crippen LogP contribution in [0.3, 0.4) is 0 Å². The minimum atomic E-state index is -0.826. The van der Waals surface area contributed by atoms with Crippen molar-refractivity contribution in [1.29, 1.82) is 0 Å². The van der Waals surface area contributed by atoms with Crippen LogP contribution in [0.1, 0.15) is 65.3 Å². The molecule has 0 unspecified atom stereocenters. The Morgan fingerprint density at radius 3 is 1.13 bits per heavy atom. The first-order chi connectivity index (χ1) is 21.6. The van der Waals surface area contributed by atoms with Crippen molar-refractivity contribution in [3.8, 4) is 22.3 Å². The van der Waals surface area contributed by atoms with E-state index < -0.39 is 20.8 Å². The van der Waals surface area contributed by atoms with Crippen molar-refractivity contribution < 1.29 is 20.8 Å². The van der Waals surface area contributed by atoms with Gasteiger partial charge in [-0.15, -0.1) is 68.1 Å². The number of halogens is 2. The molecule has 0 aliphatic heterocycles. The number of fused-ring (bicyclic) bond motifs is 2. The molecule has 0 N–H and O–H groups in total. The summed E-state index contributed by atoms with van der Waals surface area (Å²) in [5, 5.41) is 5.59. The van der Waals surface area contributed by atoms with E-state index in [1.807, 2.05) is 0 Å². The average molecular weight is 714 g/mol. The standard InChI is InChI=1S/2C20H21.C2H5.2ClH.Zr/c2*1-5-16-11-19-15(4)6-7-18(20(19)12-16)17-9-13(2)8-14(3)10-17;1-2;;;/h2*6-12H,5H2,1-4H3;1H2,2H3;2*1H;/q3*-1;;;+2/p-2. The van der Waals surface area contributed by atoms with Crippen molar-refractivity contribution in [3.63, 3.8) is 0 Å². The van der Waals surface area contributed by atoms with Crippen LogP contribution in [0.5, 0.6) is 0 Å². The van der Waals surface area contributed by atoms with Gasteiger partial charge in [-0.05, 0) is 51.7 Å². The second-order valence-electron chi connectivity index (χ2n) is 11.8. The van der Waals surface area contributed by atoms with Gasteiger partial charge in [0.1, 0.15) is 0 Å². The van der Waals surface area contributed by atoms with Crippen LogP contribution in [0.2, 0.25) is 0 Å². The van der Waals surface area contributed by atoms with Crippen molar-refractivity contribution >= 4 is 38.6 Å². The van der Waals surface area contributed by atoms with E-state index in [2.05, 4.69) is 147 Å². The maximum atomic E-state index is 4.93. The van der Waals surface area contributed by atoms with Gasteiger partial charge in [0.15, 0.2) is 0 Å². The molecule has 0 atom stereocenters. The van der Waals surface area contributed by atoms with E-state index in [-0.39, 0.29) is 0 Å². The monoisotopic (exact) mass is 711 g/mol. The van der Waals surface area contributed by atoms with Crippen LogP contribution in [0.4, 0.5) is 0 Å². The Morgan fingerprint density at radius 2 is 0.844 bits per heavy atom. The summed E-state index contributed by atoms with van der Waals surface area (Å²) in [6.07, 6.45) is 2.20. The second kappa shape index (κ2) is 17.5. The summed E-state index contributed by atoms with van der Waals surface area (Å²) in [4.78, 5) is 0. The number of rotatable bonds is 4. The molecular weight excluding hydrogens is 667 g/mol. The van der Waals surface area contributed by atoms with Crippen LogP contribution in [-0.4, -0.2) is 0 Å². The predicted octanol–water partition coefficient (Wildman–Crippen LogP) is 13.6. The van der Waals surface area contributed by atoms with Crippen LogP contribution in [-0.2, 0) is 33.7 Å². The zero-order chi connectivity index (χ0) is 33.3. The zero-order valence-electron chi connectivity index (χ0n) is 28.5. The van der Waals surface area contributed by atoms with Crippen molar-refractivity contribution in [3.05, 3.63) is 136 Å². The molecule has 6 aromatic rings. The first-order valence-electron chi connectivity index (χ1n) is 15.8. The van der Waals surface area contributed by atoms with Crippen LogP contribution in [0.15, 0.2) is 84.9 Å². The van der Waals surface area contributed by atoms with E-state index in [0.29, 0.717) is 0 Å². The van der Waals surface area contributed by atoms with Crippen molar-refractivity contribution in [1.82, 2.24) is 0 Å². The van der Waals surface area contributed by atoms with Gasteiger partial charge in [-0.3, -0.25) is 0 Å². The van der Waals surface area contributed by atoms with Gasteiger partial charge in [0.2, 0.25) is 0 Å². The summed E-state index contributed by atoms with van der Waals surface area (Å²) in [6.45, 7) is 22.5. The van der Waals surface area contributed by atoms with Gasteiger partial charge >= 0.3 is 37.9 Å². The molecule has 0 nitrogen and oxygen atoms in total. The van der Waals surface area contributed by atoms with Crippen LogP contribution < -0.4 is 0 Å². The van der Waals surface area contributed by atoms with E-state index in [9.17, 15) is 0 Å². The fraction of sp³-hybridized carbons (Fsp3) is 0.262. The van der Waals surface area contributed by atoms with Gasteiger partial charge in [0.25, 0.3) is 0 Å². The third-order valence-electron chi connectivity index (χ3n) is 8.21. The number of aryl methyl sites for hydroxylation is 8. The van der Waals surface area contributed by atoms with E-state index in [1.165, 1.54) is 88.3 Å². The van der Waals surface area contributed by atoms with Crippen molar-refractivity contribution in [2.45, 2.75) is 75.2 Å². The molecule has 0 aliphatic carbocycles. The van der Waals surface area contributed by atoms with Gasteiger partial charge in [0.05, 0.1) is 0 Å². The first kappa shape index (κ1) is 37.0. The molecule has 0 saturated carbocycles. The fourth-order valence-electron chi connectivity index (χ4n) is 6.18. The Morgan fingerprint density at radius 1 is 0.533 bits per heavy atom. The molecule has 6 rings (SSSR count). The van der Waals surface area contributed by atoms with Crippen LogP contribution >= 0.6 is 17.0 Å². The fourth-order valence-corrected chi connectivity index (χ4v) is 6.18. The summed E-state index contributed by atoms with van der Waals surface area (Å²) in [5.41, 5.74) is 16.3. The van der Waals surface area contributed by atoms with Gasteiger partial charge in [-0.2, -0.15) is 19.1 Å². The Kier molecular flexibility index (Phi) is 14.4. The van der Waals surface area contributed by atoms with Gasteiger partial charge in [0, 0.05) is 0 Å². The summed E-state index contributed by atoms with van der Waals surface area (Å²) in [5.74, 6) is 0. The number of hydrogen-bond acceptors (Lipinski definition) is 0. The zero-order valence-corrected chi connectivity index (χ0v) is 32.4. The van der Waals surface area contributed by atoms with Crippen LogP contribution in [0, 0.1) is 48.5 Å². The number of hydrogen-bond donors (Lipinski definition) is 0. The molecule has 0 saturated heterocycles. The van der Waals surface area contributed by atoms with E-state index in [0.717, 1.165) is 12.8 Å². The van der Waals surface area contributed by atoms with E-state index in [4.69, 9.17) is 17.0 Å². The summed E-state index contributed by atoms with van der Waals surface area (Å²) in [6, 6.07) is 32.0. The third kappa shape index (κ3) is 9.32. The molecule has 0 aromatic heterocycles. The molecule has 0 amide bonds. The van der Waals surface area contributed by atoms with Gasteiger partial charge in [-0.25, -0.2) is 0 Å². The summed E-state index contributed by atoms with van der Waals surface area (Å²) < 4.78 is 0. The molecule has 0 bridgehead atoms. The Hall–Kier alpha value is -2.44. The Balaban J connectivity index is 0.000000215. The normalized spacial score (nSPS) is 10.4. The molecule has 236 valence electrons. The topological polar surface area (TPSA) is 0 Å². The van der Waals surface area contributed by atoms with E-state index in [1.54, 1.807) is 6.92 Å². The maximum absolute atomic E-state index is 4.93. The Bertz CT molecular complexity index is 1670. The van der Waals surface area contributed by atoms with Crippen molar-refractivity contribution in [2.24, 2.45) is 0 Å². The molecule has 0 spiro atoms. The van der Waals surface area contributed by atoms with Gasteiger partial charge in [-0.1, -0.05) is 110 Å². The second-order valence-corrected chi connectivity index (χ2v) is 15.5. The molecule has 45 heavy (non-hydrogen) atoms. The molecule has 0 heterocycles. The van der Waals surface area contributed by atoms with Gasteiger partial charge < -0.3 is 6.92 Å². The number of benzene rings is 4. The molecule has 0 radical (unpaired) electrons. The molecule has 3 heteroatoms. The van der Waals surface area contributed by atoms with Crippen LogP contribution in [0.25, 0.3) is 43.8 Å². The molecule has 0 fully saturated rings. The predicted molar refractivity (Wildman–Crippen MR) is 200 cm³/mol. The third-order valence-corrected chi connectivity index (χ3v) is 8.21. The molecular formula is C42H47Cl2Zr-3. The first-order valence-corrected chi connectivity index (χ1v) is 22.1. The van der Waals surface area contributed by atoms with E-state index >= 15 is 0 Å². The minimum absolute atomic E-state index is 0.826. The SMILES string of the molecule is CCc1cc2c(-c3cc(C)cc(C)c3)ccc(C)c2[cH-]1.CCc1cc2c(-c3cc(C)cc(C)c3)ccc(C)c2[cH-]1.[CH2-]C.[Cl][Zr][Cl]. The quantitative estimate of drug-likeness (QED) is 0.160. The molecule has 6 aromatic carbocycles. The average Bonchev–Trinajstić information content (AvgIpc) is 3.64.